The molecular formula is C23H18F6N4S. The topological polar surface area (TPSA) is 66.7 Å². The highest BCUT2D eigenvalue weighted by molar-refractivity contribution is 7.98. The van der Waals surface area contributed by atoms with Gasteiger partial charge in [-0.1, -0.05) is 48.2 Å². The SMILES string of the molecule is Nc1c(CNc2c(CSc3nc4ccccc4[nH]3)cccc2C(F)(F)F)cccc1C(F)(F)F. The van der Waals surface area contributed by atoms with Crippen molar-refractivity contribution in [2.75, 3.05) is 11.1 Å². The van der Waals surface area contributed by atoms with Gasteiger partial charge in [0.1, 0.15) is 0 Å². The molecular weight excluding hydrogens is 478 g/mol. The van der Waals surface area contributed by atoms with Gasteiger partial charge in [-0.05, 0) is 35.4 Å². The molecule has 11 heteroatoms. The van der Waals surface area contributed by atoms with Crippen molar-refractivity contribution in [1.29, 1.82) is 0 Å². The van der Waals surface area contributed by atoms with Crippen LogP contribution in [0.15, 0.2) is 65.8 Å². The van der Waals surface area contributed by atoms with Gasteiger partial charge in [0.05, 0.1) is 27.8 Å². The number of nitrogens with one attached hydrogen (secondary N) is 2. The number of aromatic amines is 1. The molecule has 0 aliphatic heterocycles. The van der Waals surface area contributed by atoms with E-state index in [4.69, 9.17) is 5.73 Å². The lowest BCUT2D eigenvalue weighted by atomic mass is 10.0. The van der Waals surface area contributed by atoms with Crippen LogP contribution in [0, 0.1) is 0 Å². The number of halogens is 6. The van der Waals surface area contributed by atoms with Crippen LogP contribution in [0.4, 0.5) is 37.7 Å². The van der Waals surface area contributed by atoms with Crippen LogP contribution >= 0.6 is 11.8 Å². The number of para-hydroxylation sites is 4. The smallest absolute Gasteiger partial charge is 0.398 e. The van der Waals surface area contributed by atoms with Crippen molar-refractivity contribution in [3.63, 3.8) is 0 Å². The zero-order valence-electron chi connectivity index (χ0n) is 17.4. The van der Waals surface area contributed by atoms with Crippen molar-refractivity contribution in [3.05, 3.63) is 82.9 Å². The van der Waals surface area contributed by atoms with E-state index < -0.39 is 29.2 Å². The molecule has 4 rings (SSSR count). The molecule has 0 bridgehead atoms. The second-order valence-corrected chi connectivity index (χ2v) is 8.38. The van der Waals surface area contributed by atoms with Crippen LogP contribution < -0.4 is 11.1 Å². The Bertz CT molecular complexity index is 1280. The number of H-pyrrole nitrogens is 1. The Morgan fingerprint density at radius 1 is 0.824 bits per heavy atom. The number of nitrogens with two attached hydrogens (primary N) is 1. The largest absolute Gasteiger partial charge is 0.418 e. The van der Waals surface area contributed by atoms with Crippen molar-refractivity contribution >= 4 is 34.2 Å². The molecule has 4 aromatic rings. The van der Waals surface area contributed by atoms with Crippen LogP contribution in [-0.2, 0) is 24.7 Å². The van der Waals surface area contributed by atoms with Crippen molar-refractivity contribution < 1.29 is 26.3 Å². The molecule has 0 aliphatic rings. The number of anilines is 2. The lowest BCUT2D eigenvalue weighted by Crippen LogP contribution is -2.15. The molecule has 4 nitrogen and oxygen atoms in total. The highest BCUT2D eigenvalue weighted by atomic mass is 32.2. The first-order valence-electron chi connectivity index (χ1n) is 9.99. The van der Waals surface area contributed by atoms with Gasteiger partial charge in [0, 0.05) is 18.0 Å². The summed E-state index contributed by atoms with van der Waals surface area (Å²) >= 11 is 1.22. The third-order valence-corrected chi connectivity index (χ3v) is 6.07. The predicted molar refractivity (Wildman–Crippen MR) is 120 cm³/mol. The molecule has 1 heterocycles. The van der Waals surface area contributed by atoms with Gasteiger partial charge in [-0.25, -0.2) is 4.98 Å². The molecule has 0 fully saturated rings. The lowest BCUT2D eigenvalue weighted by Gasteiger charge is -2.20. The fourth-order valence-corrected chi connectivity index (χ4v) is 4.39. The number of aromatic nitrogens is 2. The molecule has 4 N–H and O–H groups in total. The van der Waals surface area contributed by atoms with Gasteiger partial charge in [-0.2, -0.15) is 26.3 Å². The third-order valence-electron chi connectivity index (χ3n) is 5.15. The maximum Gasteiger partial charge on any atom is 0.418 e. The second-order valence-electron chi connectivity index (χ2n) is 7.41. The minimum atomic E-state index is -4.67. The molecule has 1 aromatic heterocycles. The highest BCUT2D eigenvalue weighted by Crippen LogP contribution is 2.39. The predicted octanol–water partition coefficient (Wildman–Crippen LogP) is 7.09. The van der Waals surface area contributed by atoms with E-state index in [2.05, 4.69) is 15.3 Å². The fourth-order valence-electron chi connectivity index (χ4n) is 3.51. The number of alkyl halides is 6. The van der Waals surface area contributed by atoms with Crippen LogP contribution in [0.1, 0.15) is 22.3 Å². The van der Waals surface area contributed by atoms with E-state index >= 15 is 0 Å². The minimum absolute atomic E-state index is 0.0442. The Hall–Kier alpha value is -3.34. The van der Waals surface area contributed by atoms with Crippen molar-refractivity contribution in [1.82, 2.24) is 9.97 Å². The Morgan fingerprint density at radius 3 is 2.15 bits per heavy atom. The number of thioether (sulfide) groups is 1. The average Bonchev–Trinajstić information content (AvgIpc) is 3.18. The minimum Gasteiger partial charge on any atom is -0.398 e. The summed E-state index contributed by atoms with van der Waals surface area (Å²) in [5.74, 6) is 0.143. The van der Waals surface area contributed by atoms with Crippen LogP contribution in [0.5, 0.6) is 0 Å². The normalized spacial score (nSPS) is 12.3. The first-order chi connectivity index (χ1) is 16.0. The van der Waals surface area contributed by atoms with Crippen LogP contribution in [0.2, 0.25) is 0 Å². The van der Waals surface area contributed by atoms with Gasteiger partial charge in [0.15, 0.2) is 5.16 Å². The van der Waals surface area contributed by atoms with Gasteiger partial charge >= 0.3 is 12.4 Å². The molecule has 178 valence electrons. The van der Waals surface area contributed by atoms with Crippen LogP contribution in [-0.4, -0.2) is 9.97 Å². The second kappa shape index (κ2) is 9.13. The standard InChI is InChI=1S/C23H18F6N4S/c24-22(25,26)15-7-3-5-13(19(15)30)11-31-20-14(6-4-8-16(20)23(27,28)29)12-34-21-32-17-9-1-2-10-18(17)33-21/h1-10,31H,11-12,30H2,(H,32,33). The van der Waals surface area contributed by atoms with Crippen LogP contribution in [0.25, 0.3) is 11.0 Å². The van der Waals surface area contributed by atoms with Gasteiger partial charge in [0.25, 0.3) is 0 Å². The molecule has 0 atom stereocenters. The third kappa shape index (κ3) is 5.09. The Labute approximate surface area is 194 Å². The highest BCUT2D eigenvalue weighted by Gasteiger charge is 2.35. The maximum atomic E-state index is 13.7. The van der Waals surface area contributed by atoms with E-state index in [1.165, 1.54) is 36.0 Å². The van der Waals surface area contributed by atoms with E-state index in [-0.39, 0.29) is 23.5 Å². The molecule has 34 heavy (non-hydrogen) atoms. The summed E-state index contributed by atoms with van der Waals surface area (Å²) in [6, 6.07) is 14.4. The molecule has 0 saturated heterocycles. The monoisotopic (exact) mass is 496 g/mol. The molecule has 0 unspecified atom stereocenters. The quantitative estimate of drug-likeness (QED) is 0.152. The molecule has 3 aromatic carbocycles. The summed E-state index contributed by atoms with van der Waals surface area (Å²) in [6.07, 6.45) is -9.33. The van der Waals surface area contributed by atoms with E-state index in [1.54, 1.807) is 0 Å². The lowest BCUT2D eigenvalue weighted by molar-refractivity contribution is -0.137. The zero-order valence-corrected chi connectivity index (χ0v) is 18.2. The van der Waals surface area contributed by atoms with Crippen molar-refractivity contribution in [2.24, 2.45) is 0 Å². The van der Waals surface area contributed by atoms with E-state index in [0.717, 1.165) is 23.2 Å². The Kier molecular flexibility index (Phi) is 6.39. The molecule has 0 aliphatic carbocycles. The summed E-state index contributed by atoms with van der Waals surface area (Å²) in [4.78, 5) is 7.51. The number of imidazole rings is 1. The number of nitrogen functional groups attached to an aromatic ring is 1. The maximum absolute atomic E-state index is 13.7. The van der Waals surface area contributed by atoms with Gasteiger partial charge in [0.2, 0.25) is 0 Å². The number of fused-ring (bicyclic) bond motifs is 1. The summed E-state index contributed by atoms with van der Waals surface area (Å²) in [6.45, 7) is -0.314. The van der Waals surface area contributed by atoms with Crippen LogP contribution in [0.3, 0.4) is 0 Å². The first-order valence-corrected chi connectivity index (χ1v) is 11.0. The van der Waals surface area contributed by atoms with E-state index in [0.29, 0.717) is 10.7 Å². The fraction of sp³-hybridized carbons (Fsp3) is 0.174. The van der Waals surface area contributed by atoms with Crippen molar-refractivity contribution in [2.45, 2.75) is 29.8 Å². The molecule has 0 spiro atoms. The van der Waals surface area contributed by atoms with Gasteiger partial charge in [-0.15, -0.1) is 0 Å². The summed E-state index contributed by atoms with van der Waals surface area (Å²) in [7, 11) is 0. The number of benzene rings is 3. The first kappa shape index (κ1) is 23.8. The Morgan fingerprint density at radius 2 is 1.47 bits per heavy atom. The number of rotatable bonds is 6. The van der Waals surface area contributed by atoms with Crippen molar-refractivity contribution in [3.8, 4) is 0 Å². The average molecular weight is 496 g/mol. The van der Waals surface area contributed by atoms with Gasteiger partial charge < -0.3 is 16.0 Å². The Balaban J connectivity index is 1.62. The number of hydrogen-bond donors (Lipinski definition) is 3. The molecule has 0 saturated carbocycles. The zero-order chi connectivity index (χ0) is 24.5. The molecule has 0 amide bonds. The van der Waals surface area contributed by atoms with E-state index in [9.17, 15) is 26.3 Å². The number of hydrogen-bond acceptors (Lipinski definition) is 4. The summed E-state index contributed by atoms with van der Waals surface area (Å²) in [5, 5.41) is 3.21. The van der Waals surface area contributed by atoms with Gasteiger partial charge in [-0.3, -0.25) is 0 Å². The summed E-state index contributed by atoms with van der Waals surface area (Å²) < 4.78 is 80.6. The number of nitrogens with zero attached hydrogens (tertiary/aromatic N) is 1. The van der Waals surface area contributed by atoms with E-state index in [1.807, 2.05) is 24.3 Å². The summed E-state index contributed by atoms with van der Waals surface area (Å²) in [5.41, 5.74) is 4.88. The molecule has 0 radical (unpaired) electrons.